The number of carbonyl (C=O) groups is 1. The number of aryl methyl sites for hydroxylation is 1. The maximum absolute atomic E-state index is 12.1. The number of halogens is 2. The largest absolute Gasteiger partial charge is 0.494 e. The van der Waals surface area contributed by atoms with Crippen LogP contribution in [-0.2, 0) is 11.2 Å². The van der Waals surface area contributed by atoms with Crippen LogP contribution < -0.4 is 15.4 Å². The third kappa shape index (κ3) is 7.00. The number of ether oxygens (including phenoxy) is 1. The lowest BCUT2D eigenvalue weighted by Gasteiger charge is -2.10. The van der Waals surface area contributed by atoms with E-state index in [-0.39, 0.29) is 12.5 Å². The van der Waals surface area contributed by atoms with Crippen molar-refractivity contribution < 1.29 is 9.53 Å². The average Bonchev–Trinajstić information content (AvgIpc) is 2.74. The first-order chi connectivity index (χ1) is 14.1. The van der Waals surface area contributed by atoms with E-state index in [1.165, 1.54) is 5.56 Å². The van der Waals surface area contributed by atoms with E-state index in [4.69, 9.17) is 27.9 Å². The molecule has 0 saturated heterocycles. The van der Waals surface area contributed by atoms with Crippen LogP contribution in [0.4, 0.5) is 11.4 Å². The Kier molecular flexibility index (Phi) is 7.79. The van der Waals surface area contributed by atoms with Gasteiger partial charge in [0.1, 0.15) is 5.75 Å². The molecule has 0 spiro atoms. The molecule has 4 nitrogen and oxygen atoms in total. The zero-order valence-electron chi connectivity index (χ0n) is 15.8. The van der Waals surface area contributed by atoms with E-state index in [1.807, 2.05) is 42.5 Å². The van der Waals surface area contributed by atoms with Gasteiger partial charge in [-0.05, 0) is 60.9 Å². The molecule has 0 aromatic heterocycles. The van der Waals surface area contributed by atoms with Crippen molar-refractivity contribution in [2.45, 2.75) is 12.8 Å². The third-order valence-corrected chi connectivity index (χ3v) is 4.79. The molecular weight excluding hydrogens is 407 g/mol. The highest BCUT2D eigenvalue weighted by molar-refractivity contribution is 6.35. The molecule has 0 radical (unpaired) electrons. The second kappa shape index (κ2) is 10.7. The van der Waals surface area contributed by atoms with Crippen molar-refractivity contribution in [1.82, 2.24) is 0 Å². The number of nitrogens with one attached hydrogen (secondary N) is 2. The van der Waals surface area contributed by atoms with Gasteiger partial charge in [-0.3, -0.25) is 4.79 Å². The third-order valence-electron chi connectivity index (χ3n) is 4.23. The summed E-state index contributed by atoms with van der Waals surface area (Å²) in [4.78, 5) is 12.1. The van der Waals surface area contributed by atoms with Crippen LogP contribution in [0.15, 0.2) is 72.8 Å². The fraction of sp³-hybridized carbons (Fsp3) is 0.174. The Labute approximate surface area is 180 Å². The lowest BCUT2D eigenvalue weighted by molar-refractivity contribution is -0.114. The SMILES string of the molecule is O=C(CNc1cc(Cl)ccc1Cl)Nc1ccc(OCCCc2ccccc2)cc1. The summed E-state index contributed by atoms with van der Waals surface area (Å²) < 4.78 is 5.77. The van der Waals surface area contributed by atoms with Crippen LogP contribution in [0.2, 0.25) is 10.0 Å². The molecule has 150 valence electrons. The molecular formula is C23H22Cl2N2O2. The van der Waals surface area contributed by atoms with Crippen molar-refractivity contribution in [3.8, 4) is 5.75 Å². The molecule has 6 heteroatoms. The summed E-state index contributed by atoms with van der Waals surface area (Å²) in [6.45, 7) is 0.725. The van der Waals surface area contributed by atoms with Gasteiger partial charge >= 0.3 is 0 Å². The number of amides is 1. The minimum atomic E-state index is -0.183. The summed E-state index contributed by atoms with van der Waals surface area (Å²) in [5.74, 6) is 0.595. The van der Waals surface area contributed by atoms with Crippen LogP contribution >= 0.6 is 23.2 Å². The fourth-order valence-corrected chi connectivity index (χ4v) is 3.12. The van der Waals surface area contributed by atoms with Crippen molar-refractivity contribution in [3.05, 3.63) is 88.4 Å². The molecule has 0 unspecified atom stereocenters. The summed E-state index contributed by atoms with van der Waals surface area (Å²) in [5, 5.41) is 6.87. The minimum Gasteiger partial charge on any atom is -0.494 e. The molecule has 3 aromatic rings. The molecule has 29 heavy (non-hydrogen) atoms. The van der Waals surface area contributed by atoms with Gasteiger partial charge in [0.25, 0.3) is 0 Å². The zero-order chi connectivity index (χ0) is 20.5. The van der Waals surface area contributed by atoms with Crippen LogP contribution in [-0.4, -0.2) is 19.1 Å². The summed E-state index contributed by atoms with van der Waals surface area (Å²) in [6.07, 6.45) is 1.93. The van der Waals surface area contributed by atoms with Gasteiger partial charge < -0.3 is 15.4 Å². The number of rotatable bonds is 9. The quantitative estimate of drug-likeness (QED) is 0.407. The second-order valence-corrected chi connectivity index (χ2v) is 7.33. The van der Waals surface area contributed by atoms with Crippen LogP contribution in [0.25, 0.3) is 0 Å². The smallest absolute Gasteiger partial charge is 0.243 e. The van der Waals surface area contributed by atoms with E-state index in [9.17, 15) is 4.79 Å². The first-order valence-corrected chi connectivity index (χ1v) is 10.1. The fourth-order valence-electron chi connectivity index (χ4n) is 2.76. The van der Waals surface area contributed by atoms with Crippen molar-refractivity contribution in [3.63, 3.8) is 0 Å². The number of hydrogen-bond donors (Lipinski definition) is 2. The van der Waals surface area contributed by atoms with Crippen molar-refractivity contribution in [1.29, 1.82) is 0 Å². The van der Waals surface area contributed by atoms with Gasteiger partial charge in [0.05, 0.1) is 23.9 Å². The molecule has 0 aliphatic rings. The second-order valence-electron chi connectivity index (χ2n) is 6.49. The highest BCUT2D eigenvalue weighted by Crippen LogP contribution is 2.25. The zero-order valence-corrected chi connectivity index (χ0v) is 17.3. The summed E-state index contributed by atoms with van der Waals surface area (Å²) >= 11 is 12.0. The lowest BCUT2D eigenvalue weighted by Crippen LogP contribution is -2.21. The maximum atomic E-state index is 12.1. The number of anilines is 2. The van der Waals surface area contributed by atoms with Gasteiger partial charge in [-0.2, -0.15) is 0 Å². The van der Waals surface area contributed by atoms with E-state index < -0.39 is 0 Å². The molecule has 0 bridgehead atoms. The van der Waals surface area contributed by atoms with E-state index in [2.05, 4.69) is 22.8 Å². The molecule has 0 aliphatic heterocycles. The van der Waals surface area contributed by atoms with E-state index in [0.29, 0.717) is 28.0 Å². The predicted molar refractivity (Wildman–Crippen MR) is 120 cm³/mol. The lowest BCUT2D eigenvalue weighted by atomic mass is 10.1. The molecule has 0 fully saturated rings. The van der Waals surface area contributed by atoms with Crippen LogP contribution in [0.5, 0.6) is 5.75 Å². The molecule has 0 saturated carbocycles. The molecule has 0 heterocycles. The summed E-state index contributed by atoms with van der Waals surface area (Å²) in [6, 6.07) is 22.7. The van der Waals surface area contributed by atoms with Crippen molar-refractivity contribution in [2.75, 3.05) is 23.8 Å². The van der Waals surface area contributed by atoms with E-state index in [1.54, 1.807) is 18.2 Å². The molecule has 2 N–H and O–H groups in total. The Bertz CT molecular complexity index is 931. The highest BCUT2D eigenvalue weighted by Gasteiger charge is 2.06. The topological polar surface area (TPSA) is 50.4 Å². The summed E-state index contributed by atoms with van der Waals surface area (Å²) in [7, 11) is 0. The van der Waals surface area contributed by atoms with E-state index in [0.717, 1.165) is 18.6 Å². The van der Waals surface area contributed by atoms with Crippen molar-refractivity contribution in [2.24, 2.45) is 0 Å². The molecule has 3 rings (SSSR count). The highest BCUT2D eigenvalue weighted by atomic mass is 35.5. The van der Waals surface area contributed by atoms with Crippen molar-refractivity contribution >= 4 is 40.5 Å². The Morgan fingerprint density at radius 3 is 2.45 bits per heavy atom. The first-order valence-electron chi connectivity index (χ1n) is 9.36. The van der Waals surface area contributed by atoms with Crippen LogP contribution in [0.1, 0.15) is 12.0 Å². The summed E-state index contributed by atoms with van der Waals surface area (Å²) in [5.41, 5.74) is 2.63. The van der Waals surface area contributed by atoms with Gasteiger partial charge in [-0.1, -0.05) is 53.5 Å². The van der Waals surface area contributed by atoms with Gasteiger partial charge in [0.15, 0.2) is 0 Å². The van der Waals surface area contributed by atoms with Gasteiger partial charge in [-0.15, -0.1) is 0 Å². The standard InChI is InChI=1S/C23H22Cl2N2O2/c24-18-8-13-21(25)22(15-18)26-16-23(28)27-19-9-11-20(12-10-19)29-14-4-7-17-5-2-1-3-6-17/h1-3,5-6,8-13,15,26H,4,7,14,16H2,(H,27,28). The maximum Gasteiger partial charge on any atom is 0.243 e. The average molecular weight is 429 g/mol. The molecule has 0 aliphatic carbocycles. The van der Waals surface area contributed by atoms with Crippen LogP contribution in [0.3, 0.4) is 0 Å². The number of hydrogen-bond acceptors (Lipinski definition) is 3. The number of benzene rings is 3. The van der Waals surface area contributed by atoms with E-state index >= 15 is 0 Å². The Morgan fingerprint density at radius 2 is 1.69 bits per heavy atom. The van der Waals surface area contributed by atoms with Gasteiger partial charge in [-0.25, -0.2) is 0 Å². The minimum absolute atomic E-state index is 0.0812. The monoisotopic (exact) mass is 428 g/mol. The Balaban J connectivity index is 1.40. The molecule has 1 amide bonds. The Hall–Kier alpha value is -2.69. The Morgan fingerprint density at radius 1 is 0.931 bits per heavy atom. The van der Waals surface area contributed by atoms with Gasteiger partial charge in [0.2, 0.25) is 5.91 Å². The van der Waals surface area contributed by atoms with Gasteiger partial charge in [0, 0.05) is 10.7 Å². The molecule has 0 atom stereocenters. The molecule has 3 aromatic carbocycles. The first kappa shape index (κ1) is 21.0. The predicted octanol–water partition coefficient (Wildman–Crippen LogP) is 6.06. The van der Waals surface area contributed by atoms with Crippen LogP contribution in [0, 0.1) is 0 Å². The normalized spacial score (nSPS) is 10.4. The number of carbonyl (C=O) groups excluding carboxylic acids is 1.